The molecule has 2 fully saturated rings. The summed E-state index contributed by atoms with van der Waals surface area (Å²) in [6.45, 7) is 5.69. The SMILES string of the molecule is CC(C)(C)[C@]1(C(=O)O)CCCN2C(=O)CC[C@H](N)C(=O)N21. The highest BCUT2D eigenvalue weighted by Crippen LogP contribution is 2.44. The maximum atomic E-state index is 12.6. The molecule has 7 nitrogen and oxygen atoms in total. The van der Waals surface area contributed by atoms with Crippen LogP contribution in [0.2, 0.25) is 0 Å². The van der Waals surface area contributed by atoms with Crippen LogP contribution in [-0.2, 0) is 14.4 Å². The van der Waals surface area contributed by atoms with Crippen LogP contribution in [0.5, 0.6) is 0 Å². The van der Waals surface area contributed by atoms with Gasteiger partial charge in [-0.2, -0.15) is 0 Å². The molecule has 2 rings (SSSR count). The molecule has 2 amide bonds. The molecule has 118 valence electrons. The van der Waals surface area contributed by atoms with Crippen LogP contribution in [0, 0.1) is 5.41 Å². The van der Waals surface area contributed by atoms with Gasteiger partial charge in [-0.3, -0.25) is 14.6 Å². The average molecular weight is 297 g/mol. The van der Waals surface area contributed by atoms with E-state index in [1.165, 1.54) is 5.01 Å². The Morgan fingerprint density at radius 1 is 1.38 bits per heavy atom. The van der Waals surface area contributed by atoms with Gasteiger partial charge in [0.15, 0.2) is 5.54 Å². The average Bonchev–Trinajstić information content (AvgIpc) is 2.50. The molecule has 2 saturated heterocycles. The van der Waals surface area contributed by atoms with Crippen molar-refractivity contribution in [1.82, 2.24) is 10.0 Å². The van der Waals surface area contributed by atoms with Crippen LogP contribution >= 0.6 is 0 Å². The number of amides is 2. The minimum atomic E-state index is -1.44. The van der Waals surface area contributed by atoms with E-state index in [1.807, 2.05) is 0 Å². The van der Waals surface area contributed by atoms with Gasteiger partial charge in [0.25, 0.3) is 5.91 Å². The highest BCUT2D eigenvalue weighted by molar-refractivity contribution is 5.94. The van der Waals surface area contributed by atoms with E-state index in [9.17, 15) is 19.5 Å². The summed E-state index contributed by atoms with van der Waals surface area (Å²) in [6, 6.07) is -0.835. The summed E-state index contributed by atoms with van der Waals surface area (Å²) >= 11 is 0. The fraction of sp³-hybridized carbons (Fsp3) is 0.786. The predicted molar refractivity (Wildman–Crippen MR) is 74.8 cm³/mol. The Kier molecular flexibility index (Phi) is 3.73. The van der Waals surface area contributed by atoms with Crippen LogP contribution in [-0.4, -0.2) is 51.0 Å². The van der Waals surface area contributed by atoms with Crippen LogP contribution < -0.4 is 5.73 Å². The van der Waals surface area contributed by atoms with Crippen molar-refractivity contribution in [1.29, 1.82) is 0 Å². The molecule has 0 aromatic carbocycles. The maximum Gasteiger partial charge on any atom is 0.332 e. The second kappa shape index (κ2) is 4.98. The number of carbonyl (C=O) groups is 3. The lowest BCUT2D eigenvalue weighted by Gasteiger charge is -2.55. The predicted octanol–water partition coefficient (Wildman–Crippen LogP) is 0.343. The number of nitrogens with zero attached hydrogens (tertiary/aromatic N) is 2. The first-order valence-electron chi connectivity index (χ1n) is 7.26. The molecule has 0 bridgehead atoms. The Morgan fingerprint density at radius 2 is 2.00 bits per heavy atom. The molecule has 2 aliphatic rings. The summed E-state index contributed by atoms with van der Waals surface area (Å²) in [6.07, 6.45) is 1.29. The summed E-state index contributed by atoms with van der Waals surface area (Å²) in [5.74, 6) is -1.79. The Hall–Kier alpha value is -1.63. The van der Waals surface area contributed by atoms with Crippen molar-refractivity contribution in [3.05, 3.63) is 0 Å². The number of carbonyl (C=O) groups excluding carboxylic acids is 2. The molecule has 0 spiro atoms. The monoisotopic (exact) mass is 297 g/mol. The lowest BCUT2D eigenvalue weighted by atomic mass is 9.69. The van der Waals surface area contributed by atoms with Gasteiger partial charge in [0, 0.05) is 13.0 Å². The molecule has 0 aromatic heterocycles. The van der Waals surface area contributed by atoms with Gasteiger partial charge in [0.1, 0.15) is 0 Å². The fourth-order valence-corrected chi connectivity index (χ4v) is 3.34. The summed E-state index contributed by atoms with van der Waals surface area (Å²) in [5.41, 5.74) is 3.68. The maximum absolute atomic E-state index is 12.6. The van der Waals surface area contributed by atoms with Gasteiger partial charge in [-0.15, -0.1) is 0 Å². The summed E-state index contributed by atoms with van der Waals surface area (Å²) in [7, 11) is 0. The van der Waals surface area contributed by atoms with Gasteiger partial charge in [0.2, 0.25) is 5.91 Å². The number of carboxylic acids is 1. The summed E-state index contributed by atoms with van der Waals surface area (Å²) in [5, 5.41) is 12.3. The minimum absolute atomic E-state index is 0.170. The molecular formula is C14H23N3O4. The zero-order valence-electron chi connectivity index (χ0n) is 12.8. The van der Waals surface area contributed by atoms with Crippen LogP contribution in [0.1, 0.15) is 46.5 Å². The van der Waals surface area contributed by atoms with E-state index in [0.717, 1.165) is 5.01 Å². The van der Waals surface area contributed by atoms with E-state index in [0.29, 0.717) is 19.4 Å². The van der Waals surface area contributed by atoms with E-state index < -0.39 is 28.9 Å². The Bertz CT molecular complexity index is 485. The van der Waals surface area contributed by atoms with E-state index >= 15 is 0 Å². The van der Waals surface area contributed by atoms with E-state index in [2.05, 4.69) is 0 Å². The van der Waals surface area contributed by atoms with Crippen molar-refractivity contribution in [3.8, 4) is 0 Å². The number of aliphatic carboxylic acids is 1. The zero-order valence-corrected chi connectivity index (χ0v) is 12.8. The van der Waals surface area contributed by atoms with Crippen LogP contribution in [0.4, 0.5) is 0 Å². The number of rotatable bonds is 1. The third-order valence-electron chi connectivity index (χ3n) is 4.59. The zero-order chi connectivity index (χ0) is 16.0. The van der Waals surface area contributed by atoms with Crippen molar-refractivity contribution in [3.63, 3.8) is 0 Å². The number of nitrogens with two attached hydrogens (primary N) is 1. The van der Waals surface area contributed by atoms with Crippen LogP contribution in [0.3, 0.4) is 0 Å². The molecule has 7 heteroatoms. The van der Waals surface area contributed by atoms with Gasteiger partial charge >= 0.3 is 5.97 Å². The van der Waals surface area contributed by atoms with Crippen molar-refractivity contribution in [2.24, 2.45) is 11.1 Å². The summed E-state index contributed by atoms with van der Waals surface area (Å²) < 4.78 is 0. The van der Waals surface area contributed by atoms with Crippen molar-refractivity contribution in [2.75, 3.05) is 6.54 Å². The molecule has 2 atom stereocenters. The van der Waals surface area contributed by atoms with Gasteiger partial charge in [-0.1, -0.05) is 20.8 Å². The molecule has 0 aliphatic carbocycles. The Balaban J connectivity index is 2.62. The molecule has 0 saturated carbocycles. The smallest absolute Gasteiger partial charge is 0.332 e. The second-order valence-corrected chi connectivity index (χ2v) is 6.83. The molecule has 0 radical (unpaired) electrons. The first-order chi connectivity index (χ1) is 9.63. The number of carboxylic acid groups (broad SMARTS) is 1. The lowest BCUT2D eigenvalue weighted by molar-refractivity contribution is -0.209. The van der Waals surface area contributed by atoms with Gasteiger partial charge in [0.05, 0.1) is 6.04 Å². The highest BCUT2D eigenvalue weighted by Gasteiger charge is 2.60. The third-order valence-corrected chi connectivity index (χ3v) is 4.59. The third kappa shape index (κ3) is 2.19. The van der Waals surface area contributed by atoms with Crippen LogP contribution in [0.15, 0.2) is 0 Å². The first kappa shape index (κ1) is 15.8. The van der Waals surface area contributed by atoms with Gasteiger partial charge in [-0.05, 0) is 24.7 Å². The number of hydrogen-bond acceptors (Lipinski definition) is 4. The molecular weight excluding hydrogens is 274 g/mol. The van der Waals surface area contributed by atoms with Crippen molar-refractivity contribution in [2.45, 2.75) is 58.0 Å². The van der Waals surface area contributed by atoms with E-state index in [4.69, 9.17) is 5.73 Å². The normalized spacial score (nSPS) is 31.0. The van der Waals surface area contributed by atoms with E-state index in [-0.39, 0.29) is 18.7 Å². The standard InChI is InChI=1S/C14H23N3O4/c1-13(2,3)14(12(20)21)7-4-8-16-10(18)6-5-9(15)11(19)17(14)16/h9H,4-8,15H2,1-3H3,(H,20,21)/t9-,14+/m0/s1. The van der Waals surface area contributed by atoms with Crippen LogP contribution in [0.25, 0.3) is 0 Å². The van der Waals surface area contributed by atoms with Crippen molar-refractivity contribution >= 4 is 17.8 Å². The fourth-order valence-electron chi connectivity index (χ4n) is 3.34. The van der Waals surface area contributed by atoms with Gasteiger partial charge < -0.3 is 10.8 Å². The molecule has 0 unspecified atom stereocenters. The largest absolute Gasteiger partial charge is 0.479 e. The molecule has 2 heterocycles. The second-order valence-electron chi connectivity index (χ2n) is 6.83. The highest BCUT2D eigenvalue weighted by atomic mass is 16.4. The van der Waals surface area contributed by atoms with Gasteiger partial charge in [-0.25, -0.2) is 9.80 Å². The Morgan fingerprint density at radius 3 is 2.52 bits per heavy atom. The molecule has 3 N–H and O–H groups in total. The minimum Gasteiger partial charge on any atom is -0.479 e. The quantitative estimate of drug-likeness (QED) is 0.726. The lowest BCUT2D eigenvalue weighted by Crippen LogP contribution is -2.73. The summed E-state index contributed by atoms with van der Waals surface area (Å²) in [4.78, 5) is 37.0. The number of hydrazine groups is 1. The molecule has 2 aliphatic heterocycles. The number of hydrogen-bond donors (Lipinski definition) is 2. The van der Waals surface area contributed by atoms with E-state index in [1.54, 1.807) is 20.8 Å². The number of fused-ring (bicyclic) bond motifs is 1. The first-order valence-corrected chi connectivity index (χ1v) is 7.26. The van der Waals surface area contributed by atoms with Crippen molar-refractivity contribution < 1.29 is 19.5 Å². The molecule has 21 heavy (non-hydrogen) atoms. The Labute approximate surface area is 124 Å². The molecule has 0 aromatic rings. The topological polar surface area (TPSA) is 104 Å².